The zero-order chi connectivity index (χ0) is 19.0. The van der Waals surface area contributed by atoms with Crippen LogP contribution in [-0.4, -0.2) is 60.7 Å². The predicted molar refractivity (Wildman–Crippen MR) is 101 cm³/mol. The van der Waals surface area contributed by atoms with Crippen LogP contribution in [0.2, 0.25) is 0 Å². The first-order valence-corrected chi connectivity index (χ1v) is 11.4. The predicted octanol–water partition coefficient (Wildman–Crippen LogP) is 1.07. The van der Waals surface area contributed by atoms with Crippen molar-refractivity contribution in [1.29, 1.82) is 0 Å². The number of carbonyl (C=O) groups is 1. The topological polar surface area (TPSA) is 96.6 Å². The monoisotopic (exact) mass is 392 g/mol. The first-order valence-electron chi connectivity index (χ1n) is 9.91. The van der Waals surface area contributed by atoms with Crippen molar-refractivity contribution in [2.24, 2.45) is 23.5 Å². The number of pyridine rings is 1. The molecule has 1 aromatic rings. The summed E-state index contributed by atoms with van der Waals surface area (Å²) in [6.45, 7) is 1.58. The molecule has 2 unspecified atom stereocenters. The van der Waals surface area contributed by atoms with Crippen LogP contribution < -0.4 is 5.73 Å². The standard InChI is InChI=1S/C19H28N4O3S/c20-18-14-3-1-4-15(18)12-16(11-14)19(24)22-7-9-23(10-8-22)27(25,26)17-5-2-6-21-13-17/h2,5-6,13-16,18H,1,3-4,7-12,20H2. The summed E-state index contributed by atoms with van der Waals surface area (Å²) in [6.07, 6.45) is 8.22. The maximum atomic E-state index is 13.0. The van der Waals surface area contributed by atoms with Crippen molar-refractivity contribution >= 4 is 15.9 Å². The van der Waals surface area contributed by atoms with Gasteiger partial charge in [-0.05, 0) is 49.7 Å². The van der Waals surface area contributed by atoms with Gasteiger partial charge in [0.2, 0.25) is 15.9 Å². The van der Waals surface area contributed by atoms with Gasteiger partial charge in [-0.25, -0.2) is 8.42 Å². The first-order chi connectivity index (χ1) is 13.0. The first kappa shape index (κ1) is 18.8. The summed E-state index contributed by atoms with van der Waals surface area (Å²) in [5.74, 6) is 1.19. The third-order valence-corrected chi connectivity index (χ3v) is 8.47. The number of hydrogen-bond acceptors (Lipinski definition) is 5. The van der Waals surface area contributed by atoms with Crippen LogP contribution in [0, 0.1) is 17.8 Å². The molecule has 0 aromatic carbocycles. The number of amides is 1. The van der Waals surface area contributed by atoms with Crippen LogP contribution in [0.3, 0.4) is 0 Å². The number of sulfonamides is 1. The van der Waals surface area contributed by atoms with Gasteiger partial charge in [-0.1, -0.05) is 6.42 Å². The molecule has 2 aliphatic carbocycles. The molecule has 1 amide bonds. The highest BCUT2D eigenvalue weighted by Crippen LogP contribution is 2.42. The Morgan fingerprint density at radius 3 is 2.37 bits per heavy atom. The highest BCUT2D eigenvalue weighted by molar-refractivity contribution is 7.89. The van der Waals surface area contributed by atoms with Crippen molar-refractivity contribution < 1.29 is 13.2 Å². The summed E-state index contributed by atoms with van der Waals surface area (Å²) in [6, 6.07) is 3.44. The molecule has 3 fully saturated rings. The van der Waals surface area contributed by atoms with E-state index in [2.05, 4.69) is 4.98 Å². The summed E-state index contributed by atoms with van der Waals surface area (Å²) >= 11 is 0. The lowest BCUT2D eigenvalue weighted by molar-refractivity contribution is -0.139. The Morgan fingerprint density at radius 1 is 1.11 bits per heavy atom. The molecule has 0 spiro atoms. The van der Waals surface area contributed by atoms with Gasteiger partial charge in [-0.15, -0.1) is 0 Å². The molecule has 7 nitrogen and oxygen atoms in total. The molecule has 2 bridgehead atoms. The van der Waals surface area contributed by atoms with Crippen molar-refractivity contribution in [2.45, 2.75) is 43.0 Å². The molecule has 1 aliphatic heterocycles. The molecule has 148 valence electrons. The summed E-state index contributed by atoms with van der Waals surface area (Å²) in [4.78, 5) is 19.0. The van der Waals surface area contributed by atoms with E-state index < -0.39 is 10.0 Å². The smallest absolute Gasteiger partial charge is 0.244 e. The number of fused-ring (bicyclic) bond motifs is 2. The van der Waals surface area contributed by atoms with Crippen LogP contribution in [0.5, 0.6) is 0 Å². The fraction of sp³-hybridized carbons (Fsp3) is 0.684. The summed E-state index contributed by atoms with van der Waals surface area (Å²) in [5, 5.41) is 0. The second kappa shape index (κ2) is 7.48. The number of piperazine rings is 1. The van der Waals surface area contributed by atoms with Gasteiger partial charge in [0.25, 0.3) is 0 Å². The van der Waals surface area contributed by atoms with E-state index in [1.165, 1.54) is 16.9 Å². The summed E-state index contributed by atoms with van der Waals surface area (Å²) < 4.78 is 26.9. The van der Waals surface area contributed by atoms with E-state index in [0.717, 1.165) is 25.7 Å². The lowest BCUT2D eigenvalue weighted by Gasteiger charge is -2.45. The lowest BCUT2D eigenvalue weighted by atomic mass is 9.65. The number of rotatable bonds is 3. The Kier molecular flexibility index (Phi) is 5.22. The summed E-state index contributed by atoms with van der Waals surface area (Å²) in [7, 11) is -3.54. The van der Waals surface area contributed by atoms with E-state index in [1.807, 2.05) is 4.90 Å². The fourth-order valence-corrected chi connectivity index (χ4v) is 6.43. The Morgan fingerprint density at radius 2 is 1.78 bits per heavy atom. The van der Waals surface area contributed by atoms with Crippen molar-refractivity contribution in [2.75, 3.05) is 26.2 Å². The van der Waals surface area contributed by atoms with Gasteiger partial charge in [-0.3, -0.25) is 9.78 Å². The summed E-state index contributed by atoms with van der Waals surface area (Å²) in [5.41, 5.74) is 6.34. The van der Waals surface area contributed by atoms with Crippen LogP contribution in [0.4, 0.5) is 0 Å². The molecule has 2 heterocycles. The number of hydrogen-bond donors (Lipinski definition) is 1. The lowest BCUT2D eigenvalue weighted by Crippen LogP contribution is -2.54. The minimum absolute atomic E-state index is 0.0570. The Balaban J connectivity index is 1.37. The van der Waals surface area contributed by atoms with Crippen LogP contribution in [-0.2, 0) is 14.8 Å². The van der Waals surface area contributed by atoms with Gasteiger partial charge < -0.3 is 10.6 Å². The molecule has 4 rings (SSSR count). The third kappa shape index (κ3) is 3.62. The largest absolute Gasteiger partial charge is 0.340 e. The van der Waals surface area contributed by atoms with E-state index in [9.17, 15) is 13.2 Å². The molecule has 3 aliphatic rings. The molecule has 27 heavy (non-hydrogen) atoms. The van der Waals surface area contributed by atoms with Crippen LogP contribution in [0.1, 0.15) is 32.1 Å². The quantitative estimate of drug-likeness (QED) is 0.830. The zero-order valence-corrected chi connectivity index (χ0v) is 16.4. The van der Waals surface area contributed by atoms with Gasteiger partial charge in [0.1, 0.15) is 4.90 Å². The second-order valence-corrected chi connectivity index (χ2v) is 10.1. The normalized spacial score (nSPS) is 32.3. The molecule has 2 N–H and O–H groups in total. The van der Waals surface area contributed by atoms with E-state index in [0.29, 0.717) is 38.0 Å². The number of nitrogens with two attached hydrogens (primary N) is 1. The maximum absolute atomic E-state index is 13.0. The Bertz CT molecular complexity index is 763. The second-order valence-electron chi connectivity index (χ2n) is 8.11. The molecule has 1 aromatic heterocycles. The average molecular weight is 393 g/mol. The Hall–Kier alpha value is -1.51. The van der Waals surface area contributed by atoms with Crippen molar-refractivity contribution in [3.8, 4) is 0 Å². The minimum atomic E-state index is -3.54. The van der Waals surface area contributed by atoms with Gasteiger partial charge in [0.15, 0.2) is 0 Å². The van der Waals surface area contributed by atoms with Gasteiger partial charge >= 0.3 is 0 Å². The van der Waals surface area contributed by atoms with Gasteiger partial charge in [0.05, 0.1) is 0 Å². The average Bonchev–Trinajstić information content (AvgIpc) is 2.68. The molecular formula is C19H28N4O3S. The molecular weight excluding hydrogens is 364 g/mol. The SMILES string of the molecule is NC1C2CCCC1CC(C(=O)N1CCN(S(=O)(=O)c3cccnc3)CC1)C2. The van der Waals surface area contributed by atoms with Crippen molar-refractivity contribution in [1.82, 2.24) is 14.2 Å². The highest BCUT2D eigenvalue weighted by Gasteiger charge is 2.42. The Labute approximate surface area is 161 Å². The highest BCUT2D eigenvalue weighted by atomic mass is 32.2. The third-order valence-electron chi connectivity index (χ3n) is 6.58. The van der Waals surface area contributed by atoms with Crippen LogP contribution in [0.15, 0.2) is 29.4 Å². The fourth-order valence-electron chi connectivity index (χ4n) is 5.05. The van der Waals surface area contributed by atoms with E-state index >= 15 is 0 Å². The van der Waals surface area contributed by atoms with E-state index in [4.69, 9.17) is 5.73 Å². The minimum Gasteiger partial charge on any atom is -0.340 e. The van der Waals surface area contributed by atoms with E-state index in [-0.39, 0.29) is 22.8 Å². The number of carbonyl (C=O) groups excluding carboxylic acids is 1. The number of aromatic nitrogens is 1. The molecule has 1 saturated heterocycles. The van der Waals surface area contributed by atoms with Crippen molar-refractivity contribution in [3.05, 3.63) is 24.5 Å². The van der Waals surface area contributed by atoms with Crippen molar-refractivity contribution in [3.63, 3.8) is 0 Å². The van der Waals surface area contributed by atoms with Crippen LogP contribution in [0.25, 0.3) is 0 Å². The van der Waals surface area contributed by atoms with Gasteiger partial charge in [-0.2, -0.15) is 4.31 Å². The maximum Gasteiger partial charge on any atom is 0.244 e. The van der Waals surface area contributed by atoms with Gasteiger partial charge in [0, 0.05) is 50.5 Å². The molecule has 0 radical (unpaired) electrons. The van der Waals surface area contributed by atoms with E-state index in [1.54, 1.807) is 18.3 Å². The number of nitrogens with zero attached hydrogens (tertiary/aromatic N) is 3. The van der Waals surface area contributed by atoms with Crippen LogP contribution >= 0.6 is 0 Å². The molecule has 2 atom stereocenters. The molecule has 8 heteroatoms. The zero-order valence-electron chi connectivity index (χ0n) is 15.5. The molecule has 2 saturated carbocycles.